The first-order chi connectivity index (χ1) is 10.2. The van der Waals surface area contributed by atoms with Gasteiger partial charge >= 0.3 is 0 Å². The van der Waals surface area contributed by atoms with Crippen LogP contribution in [0.4, 0.5) is 5.82 Å². The highest BCUT2D eigenvalue weighted by Gasteiger charge is 2.05. The van der Waals surface area contributed by atoms with E-state index in [1.807, 2.05) is 6.07 Å². The minimum atomic E-state index is 0.582. The number of anilines is 1. The molecule has 2 heterocycles. The Balaban J connectivity index is 1.73. The highest BCUT2D eigenvalue weighted by Crippen LogP contribution is 2.20. The lowest BCUT2D eigenvalue weighted by Crippen LogP contribution is -2.07. The average Bonchev–Trinajstić information content (AvgIpc) is 2.50. The predicted octanol–water partition coefficient (Wildman–Crippen LogP) is 3.64. The van der Waals surface area contributed by atoms with Gasteiger partial charge in [0.2, 0.25) is 0 Å². The van der Waals surface area contributed by atoms with Gasteiger partial charge in [0.15, 0.2) is 5.65 Å². The molecule has 2 aromatic heterocycles. The fraction of sp³-hybridized carbons (Fsp3) is 0.188. The Morgan fingerprint density at radius 2 is 1.90 bits per heavy atom. The van der Waals surface area contributed by atoms with Crippen LogP contribution in [-0.4, -0.2) is 21.5 Å². The maximum atomic E-state index is 5.99. The van der Waals surface area contributed by atoms with Gasteiger partial charge in [-0.3, -0.25) is 0 Å². The molecule has 1 aromatic carbocycles. The SMILES string of the molecule is Cc1ccc(CCNc2ncnc3ncc(Cl)cc23)cc1. The van der Waals surface area contributed by atoms with Gasteiger partial charge in [-0.25, -0.2) is 15.0 Å². The molecule has 0 bridgehead atoms. The molecular formula is C16H15ClN4. The van der Waals surface area contributed by atoms with Crippen molar-refractivity contribution in [3.63, 3.8) is 0 Å². The summed E-state index contributed by atoms with van der Waals surface area (Å²) in [6.07, 6.45) is 4.03. The first-order valence-corrected chi connectivity index (χ1v) is 7.16. The van der Waals surface area contributed by atoms with Crippen LogP contribution in [-0.2, 0) is 6.42 Å². The lowest BCUT2D eigenvalue weighted by molar-refractivity contribution is 1.00. The van der Waals surface area contributed by atoms with Crippen molar-refractivity contribution in [2.24, 2.45) is 0 Å². The van der Waals surface area contributed by atoms with Gasteiger partial charge < -0.3 is 5.32 Å². The third kappa shape index (κ3) is 3.28. The number of nitrogens with one attached hydrogen (secondary N) is 1. The lowest BCUT2D eigenvalue weighted by atomic mass is 10.1. The van der Waals surface area contributed by atoms with E-state index < -0.39 is 0 Å². The van der Waals surface area contributed by atoms with Crippen molar-refractivity contribution in [3.05, 3.63) is 59.0 Å². The molecule has 0 unspecified atom stereocenters. The molecular weight excluding hydrogens is 284 g/mol. The fourth-order valence-corrected chi connectivity index (χ4v) is 2.30. The van der Waals surface area contributed by atoms with E-state index in [1.165, 1.54) is 17.5 Å². The Morgan fingerprint density at radius 3 is 2.71 bits per heavy atom. The number of hydrogen-bond donors (Lipinski definition) is 1. The summed E-state index contributed by atoms with van der Waals surface area (Å²) < 4.78 is 0. The monoisotopic (exact) mass is 298 g/mol. The summed E-state index contributed by atoms with van der Waals surface area (Å²) >= 11 is 5.99. The largest absolute Gasteiger partial charge is 0.369 e. The molecule has 0 saturated carbocycles. The highest BCUT2D eigenvalue weighted by atomic mass is 35.5. The van der Waals surface area contributed by atoms with Crippen molar-refractivity contribution < 1.29 is 0 Å². The zero-order chi connectivity index (χ0) is 14.7. The van der Waals surface area contributed by atoms with E-state index >= 15 is 0 Å². The van der Waals surface area contributed by atoms with Gasteiger partial charge in [-0.1, -0.05) is 41.4 Å². The minimum Gasteiger partial charge on any atom is -0.369 e. The van der Waals surface area contributed by atoms with Gasteiger partial charge in [-0.05, 0) is 25.0 Å². The zero-order valence-corrected chi connectivity index (χ0v) is 12.4. The van der Waals surface area contributed by atoms with Crippen molar-refractivity contribution in [2.75, 3.05) is 11.9 Å². The summed E-state index contributed by atoms with van der Waals surface area (Å²) in [7, 11) is 0. The van der Waals surface area contributed by atoms with Crippen LogP contribution < -0.4 is 5.32 Å². The standard InChI is InChI=1S/C16H15ClN4/c1-11-2-4-12(5-3-11)6-7-18-15-14-8-13(17)9-19-16(14)21-10-20-15/h2-5,8-10H,6-7H2,1H3,(H,18,19,20,21). The first-order valence-electron chi connectivity index (χ1n) is 6.78. The fourth-order valence-electron chi connectivity index (χ4n) is 2.14. The van der Waals surface area contributed by atoms with Gasteiger partial charge in [0, 0.05) is 12.7 Å². The Kier molecular flexibility index (Phi) is 3.97. The van der Waals surface area contributed by atoms with Crippen molar-refractivity contribution in [3.8, 4) is 0 Å². The van der Waals surface area contributed by atoms with E-state index in [9.17, 15) is 0 Å². The van der Waals surface area contributed by atoms with E-state index in [2.05, 4.69) is 51.5 Å². The van der Waals surface area contributed by atoms with Crippen molar-refractivity contribution in [1.29, 1.82) is 0 Å². The van der Waals surface area contributed by atoms with Gasteiger partial charge in [0.1, 0.15) is 12.1 Å². The second-order valence-corrected chi connectivity index (χ2v) is 5.35. The van der Waals surface area contributed by atoms with Crippen LogP contribution in [0.1, 0.15) is 11.1 Å². The second kappa shape index (κ2) is 6.06. The Bertz CT molecular complexity index is 756. The Morgan fingerprint density at radius 1 is 1.10 bits per heavy atom. The van der Waals surface area contributed by atoms with Crippen LogP contribution >= 0.6 is 11.6 Å². The van der Waals surface area contributed by atoms with Gasteiger partial charge in [0.05, 0.1) is 10.4 Å². The minimum absolute atomic E-state index is 0.582. The normalized spacial score (nSPS) is 10.8. The van der Waals surface area contributed by atoms with Crippen LogP contribution in [0.2, 0.25) is 5.02 Å². The topological polar surface area (TPSA) is 50.7 Å². The second-order valence-electron chi connectivity index (χ2n) is 4.91. The average molecular weight is 299 g/mol. The molecule has 5 heteroatoms. The molecule has 4 nitrogen and oxygen atoms in total. The summed E-state index contributed by atoms with van der Waals surface area (Å²) in [6.45, 7) is 2.88. The molecule has 1 N–H and O–H groups in total. The molecule has 0 aliphatic carbocycles. The number of pyridine rings is 1. The number of benzene rings is 1. The van der Waals surface area contributed by atoms with Crippen LogP contribution in [0.3, 0.4) is 0 Å². The smallest absolute Gasteiger partial charge is 0.164 e. The van der Waals surface area contributed by atoms with Crippen molar-refractivity contribution in [1.82, 2.24) is 15.0 Å². The molecule has 3 rings (SSSR count). The molecule has 0 saturated heterocycles. The van der Waals surface area contributed by atoms with Crippen molar-refractivity contribution >= 4 is 28.5 Å². The first kappa shape index (κ1) is 13.8. The Labute approximate surface area is 128 Å². The van der Waals surface area contributed by atoms with Crippen LogP contribution in [0, 0.1) is 6.92 Å². The molecule has 0 amide bonds. The van der Waals surface area contributed by atoms with Crippen LogP contribution in [0.5, 0.6) is 0 Å². The highest BCUT2D eigenvalue weighted by molar-refractivity contribution is 6.31. The molecule has 3 aromatic rings. The summed E-state index contributed by atoms with van der Waals surface area (Å²) in [5, 5.41) is 4.75. The third-order valence-corrected chi connectivity index (χ3v) is 3.49. The molecule has 21 heavy (non-hydrogen) atoms. The van der Waals surface area contributed by atoms with E-state index in [-0.39, 0.29) is 0 Å². The number of halogens is 1. The summed E-state index contributed by atoms with van der Waals surface area (Å²) in [6, 6.07) is 10.4. The number of hydrogen-bond acceptors (Lipinski definition) is 4. The van der Waals surface area contributed by atoms with Crippen LogP contribution in [0.15, 0.2) is 42.9 Å². The number of aromatic nitrogens is 3. The van der Waals surface area contributed by atoms with Gasteiger partial charge in [0.25, 0.3) is 0 Å². The van der Waals surface area contributed by atoms with Crippen LogP contribution in [0.25, 0.3) is 11.0 Å². The quantitative estimate of drug-likeness (QED) is 0.799. The van der Waals surface area contributed by atoms with E-state index in [0.717, 1.165) is 24.2 Å². The van der Waals surface area contributed by atoms with E-state index in [4.69, 9.17) is 11.6 Å². The molecule has 0 fully saturated rings. The molecule has 0 spiro atoms. The van der Waals surface area contributed by atoms with Gasteiger partial charge in [-0.2, -0.15) is 0 Å². The maximum absolute atomic E-state index is 5.99. The summed E-state index contributed by atoms with van der Waals surface area (Å²) in [5.41, 5.74) is 3.21. The van der Waals surface area contributed by atoms with Gasteiger partial charge in [-0.15, -0.1) is 0 Å². The van der Waals surface area contributed by atoms with E-state index in [1.54, 1.807) is 6.20 Å². The third-order valence-electron chi connectivity index (χ3n) is 3.28. The van der Waals surface area contributed by atoms with Crippen molar-refractivity contribution in [2.45, 2.75) is 13.3 Å². The number of fused-ring (bicyclic) bond motifs is 1. The number of rotatable bonds is 4. The zero-order valence-electron chi connectivity index (χ0n) is 11.7. The number of nitrogens with zero attached hydrogens (tertiary/aromatic N) is 3. The number of aryl methyl sites for hydroxylation is 1. The molecule has 106 valence electrons. The lowest BCUT2D eigenvalue weighted by Gasteiger charge is -2.08. The molecule has 0 radical (unpaired) electrons. The van der Waals surface area contributed by atoms with E-state index in [0.29, 0.717) is 10.7 Å². The predicted molar refractivity (Wildman–Crippen MR) is 85.7 cm³/mol. The summed E-state index contributed by atoms with van der Waals surface area (Å²) in [5.74, 6) is 0.766. The maximum Gasteiger partial charge on any atom is 0.164 e. The summed E-state index contributed by atoms with van der Waals surface area (Å²) in [4.78, 5) is 12.6. The Hall–Kier alpha value is -2.20. The molecule has 0 aliphatic heterocycles. The molecule has 0 atom stereocenters. The molecule has 0 aliphatic rings.